The Kier molecular flexibility index (Phi) is 9.34. The highest BCUT2D eigenvalue weighted by Crippen LogP contribution is 2.35. The van der Waals surface area contributed by atoms with E-state index in [1.807, 2.05) is 0 Å². The second kappa shape index (κ2) is 11.8. The lowest BCUT2D eigenvalue weighted by atomic mass is 9.95. The number of aryl methyl sites for hydroxylation is 1. The molecule has 1 fully saturated rings. The topological polar surface area (TPSA) is 88.0 Å². The van der Waals surface area contributed by atoms with Gasteiger partial charge in [0.05, 0.1) is 4.88 Å². The van der Waals surface area contributed by atoms with E-state index < -0.39 is 21.9 Å². The molecule has 0 aliphatic heterocycles. The average molecular weight is 508 g/mol. The molecule has 2 heterocycles. The summed E-state index contributed by atoms with van der Waals surface area (Å²) in [5.41, 5.74) is -0.785. The summed E-state index contributed by atoms with van der Waals surface area (Å²) in [5, 5.41) is 10.8. The number of halogens is 3. The molecule has 0 aromatic carbocycles. The van der Waals surface area contributed by atoms with Crippen molar-refractivity contribution in [2.24, 2.45) is 7.05 Å². The van der Waals surface area contributed by atoms with Crippen molar-refractivity contribution >= 4 is 21.4 Å². The largest absolute Gasteiger partial charge is 0.433 e. The van der Waals surface area contributed by atoms with Crippen molar-refractivity contribution in [1.82, 2.24) is 25.1 Å². The van der Waals surface area contributed by atoms with Crippen LogP contribution in [0.1, 0.15) is 50.6 Å². The van der Waals surface area contributed by atoms with Crippen molar-refractivity contribution in [3.05, 3.63) is 23.9 Å². The molecule has 1 aliphatic rings. The molecule has 1 aliphatic carbocycles. The van der Waals surface area contributed by atoms with Gasteiger partial charge in [0, 0.05) is 32.7 Å². The van der Waals surface area contributed by atoms with Gasteiger partial charge in [-0.3, -0.25) is 4.68 Å². The van der Waals surface area contributed by atoms with Crippen molar-refractivity contribution in [2.45, 2.75) is 61.4 Å². The lowest BCUT2D eigenvalue weighted by molar-refractivity contribution is -0.143. The Morgan fingerprint density at radius 2 is 1.82 bits per heavy atom. The number of unbranched alkanes of at least 4 members (excludes halogenated alkanes) is 1. The first-order valence-electron chi connectivity index (χ1n) is 11.3. The number of thiophene rings is 1. The van der Waals surface area contributed by atoms with E-state index in [2.05, 4.69) is 20.5 Å². The second-order valence-electron chi connectivity index (χ2n) is 8.30. The molecule has 0 saturated heterocycles. The van der Waals surface area contributed by atoms with Crippen LogP contribution in [0.4, 0.5) is 13.2 Å². The number of rotatable bonds is 12. The van der Waals surface area contributed by atoms with E-state index in [0.29, 0.717) is 23.9 Å². The van der Waals surface area contributed by atoms with Crippen LogP contribution in [-0.2, 0) is 23.2 Å². The number of alkyl halides is 3. The number of nitrogens with zero attached hydrogens (tertiary/aromatic N) is 2. The maximum atomic E-state index is 13.0. The van der Waals surface area contributed by atoms with E-state index >= 15 is 0 Å². The molecule has 0 spiro atoms. The first-order chi connectivity index (χ1) is 15.7. The Bertz CT molecular complexity index is 982. The minimum Gasteiger partial charge on any atom is -0.315 e. The number of aromatic nitrogens is 2. The molecular formula is C21H32F3N5O2S2. The highest BCUT2D eigenvalue weighted by Gasteiger charge is 2.35. The molecule has 0 amide bonds. The summed E-state index contributed by atoms with van der Waals surface area (Å²) >= 11 is 0.902. The van der Waals surface area contributed by atoms with Crippen LogP contribution in [0.25, 0.3) is 10.6 Å². The van der Waals surface area contributed by atoms with Crippen LogP contribution in [0.5, 0.6) is 0 Å². The summed E-state index contributed by atoms with van der Waals surface area (Å²) in [5.74, 6) is 0. The van der Waals surface area contributed by atoms with Crippen LogP contribution in [0.3, 0.4) is 0 Å². The van der Waals surface area contributed by atoms with Gasteiger partial charge in [0.1, 0.15) is 15.6 Å². The first kappa shape index (κ1) is 26.1. The maximum Gasteiger partial charge on any atom is 0.433 e. The smallest absolute Gasteiger partial charge is 0.315 e. The van der Waals surface area contributed by atoms with E-state index in [-0.39, 0.29) is 9.90 Å². The number of hydrogen-bond acceptors (Lipinski definition) is 6. The van der Waals surface area contributed by atoms with Gasteiger partial charge in [0.2, 0.25) is 10.0 Å². The lowest BCUT2D eigenvalue weighted by Gasteiger charge is -2.22. The van der Waals surface area contributed by atoms with Crippen LogP contribution < -0.4 is 15.4 Å². The second-order valence-corrected chi connectivity index (χ2v) is 11.4. The van der Waals surface area contributed by atoms with Crippen LogP contribution in [0.15, 0.2) is 22.4 Å². The zero-order chi connectivity index (χ0) is 23.9. The maximum absolute atomic E-state index is 13.0. The Hall–Kier alpha value is -1.47. The third-order valence-electron chi connectivity index (χ3n) is 5.68. The average Bonchev–Trinajstić information content (AvgIpc) is 3.40. The van der Waals surface area contributed by atoms with E-state index in [1.165, 1.54) is 51.3 Å². The molecule has 0 atom stereocenters. The molecule has 2 aromatic rings. The SMILES string of the molecule is Cn1nc(-c2ccc(S(=O)(=O)NCCCCNCCNC3CCCCC3)s2)cc1C(F)(F)F. The minimum atomic E-state index is -4.52. The summed E-state index contributed by atoms with van der Waals surface area (Å²) in [6, 6.07) is 4.45. The number of sulfonamides is 1. The van der Waals surface area contributed by atoms with E-state index in [0.717, 1.165) is 48.1 Å². The van der Waals surface area contributed by atoms with E-state index in [9.17, 15) is 21.6 Å². The fourth-order valence-electron chi connectivity index (χ4n) is 3.90. The Morgan fingerprint density at radius 1 is 1.09 bits per heavy atom. The van der Waals surface area contributed by atoms with Crippen LogP contribution in [0, 0.1) is 0 Å². The molecule has 0 bridgehead atoms. The quantitative estimate of drug-likeness (QED) is 0.381. The molecular weight excluding hydrogens is 475 g/mol. The van der Waals surface area contributed by atoms with Gasteiger partial charge in [-0.05, 0) is 50.4 Å². The molecule has 2 aromatic heterocycles. The van der Waals surface area contributed by atoms with Gasteiger partial charge in [-0.2, -0.15) is 18.3 Å². The normalized spacial score (nSPS) is 15.9. The Labute approximate surface area is 197 Å². The predicted molar refractivity (Wildman–Crippen MR) is 124 cm³/mol. The molecule has 3 N–H and O–H groups in total. The van der Waals surface area contributed by atoms with Crippen LogP contribution in [0.2, 0.25) is 0 Å². The molecule has 33 heavy (non-hydrogen) atoms. The highest BCUT2D eigenvalue weighted by atomic mass is 32.2. The summed E-state index contributed by atoms with van der Waals surface area (Å²) in [6.07, 6.45) is 3.53. The minimum absolute atomic E-state index is 0.0589. The van der Waals surface area contributed by atoms with E-state index in [1.54, 1.807) is 0 Å². The van der Waals surface area contributed by atoms with Gasteiger partial charge in [0.15, 0.2) is 0 Å². The van der Waals surface area contributed by atoms with Crippen molar-refractivity contribution in [1.29, 1.82) is 0 Å². The molecule has 7 nitrogen and oxygen atoms in total. The van der Waals surface area contributed by atoms with Gasteiger partial charge >= 0.3 is 6.18 Å². The first-order valence-corrected chi connectivity index (χ1v) is 13.6. The zero-order valence-corrected chi connectivity index (χ0v) is 20.4. The fourth-order valence-corrected chi connectivity index (χ4v) is 6.28. The molecule has 3 rings (SSSR count). The standard InChI is InChI=1S/C21H32F3N5O2S2/c1-29-19(21(22,23)24)15-17(28-29)18-9-10-20(32-18)33(30,31)27-12-6-5-11-25-13-14-26-16-7-3-2-4-8-16/h9-10,15-16,25-27H,2-8,11-14H2,1H3. The molecule has 1 saturated carbocycles. The van der Waals surface area contributed by atoms with Crippen molar-refractivity contribution in [3.63, 3.8) is 0 Å². The summed E-state index contributed by atoms with van der Waals surface area (Å²) in [7, 11) is -2.50. The highest BCUT2D eigenvalue weighted by molar-refractivity contribution is 7.91. The molecule has 0 unspecified atom stereocenters. The van der Waals surface area contributed by atoms with Gasteiger partial charge in [-0.15, -0.1) is 11.3 Å². The summed E-state index contributed by atoms with van der Waals surface area (Å²) < 4.78 is 67.3. The van der Waals surface area contributed by atoms with Gasteiger partial charge in [-0.1, -0.05) is 19.3 Å². The summed E-state index contributed by atoms with van der Waals surface area (Å²) in [6.45, 7) is 2.96. The third kappa shape index (κ3) is 7.78. The number of nitrogens with one attached hydrogen (secondary N) is 3. The van der Waals surface area contributed by atoms with Gasteiger partial charge in [0.25, 0.3) is 0 Å². The summed E-state index contributed by atoms with van der Waals surface area (Å²) in [4.78, 5) is 0.368. The predicted octanol–water partition coefficient (Wildman–Crippen LogP) is 3.74. The lowest BCUT2D eigenvalue weighted by Crippen LogP contribution is -2.36. The monoisotopic (exact) mass is 507 g/mol. The van der Waals surface area contributed by atoms with Crippen LogP contribution >= 0.6 is 11.3 Å². The van der Waals surface area contributed by atoms with Crippen molar-refractivity contribution in [2.75, 3.05) is 26.2 Å². The Balaban J connectivity index is 1.36. The third-order valence-corrected chi connectivity index (χ3v) is 8.74. The van der Waals surface area contributed by atoms with Crippen molar-refractivity contribution in [3.8, 4) is 10.6 Å². The molecule has 12 heteroatoms. The fraction of sp³-hybridized carbons (Fsp3) is 0.667. The van der Waals surface area contributed by atoms with Crippen molar-refractivity contribution < 1.29 is 21.6 Å². The molecule has 186 valence electrons. The molecule has 0 radical (unpaired) electrons. The number of hydrogen-bond donors (Lipinski definition) is 3. The zero-order valence-electron chi connectivity index (χ0n) is 18.7. The van der Waals surface area contributed by atoms with Gasteiger partial charge in [-0.25, -0.2) is 13.1 Å². The van der Waals surface area contributed by atoms with Gasteiger partial charge < -0.3 is 10.6 Å². The van der Waals surface area contributed by atoms with E-state index in [4.69, 9.17) is 0 Å². The van der Waals surface area contributed by atoms with Crippen LogP contribution in [-0.4, -0.2) is 50.4 Å². The Morgan fingerprint density at radius 3 is 2.52 bits per heavy atom.